The molecule has 0 aliphatic heterocycles. The molecule has 0 spiro atoms. The fourth-order valence-corrected chi connectivity index (χ4v) is 1.01. The van der Waals surface area contributed by atoms with E-state index in [1.165, 1.54) is 12.0 Å². The van der Waals surface area contributed by atoms with Gasteiger partial charge in [0.05, 0.1) is 0 Å². The van der Waals surface area contributed by atoms with Crippen LogP contribution < -0.4 is 17.7 Å². The maximum atomic E-state index is 3.35. The van der Waals surface area contributed by atoms with Crippen molar-refractivity contribution in [1.82, 2.24) is 5.32 Å². The smallest absolute Gasteiger partial charge is 0.0205 e. The quantitative estimate of drug-likeness (QED) is 0.604. The van der Waals surface area contributed by atoms with E-state index in [0.29, 0.717) is 0 Å². The predicted molar refractivity (Wildman–Crippen MR) is 48.4 cm³/mol. The van der Waals surface area contributed by atoms with E-state index >= 15 is 0 Å². The minimum Gasteiger partial charge on any atom is -1.00 e. The van der Waals surface area contributed by atoms with Gasteiger partial charge >= 0.3 is 0 Å². The summed E-state index contributed by atoms with van der Waals surface area (Å²) < 4.78 is 0. The lowest BCUT2D eigenvalue weighted by Crippen LogP contribution is -3.00. The molecule has 0 aromatic heterocycles. The fraction of sp³-hybridized carbons (Fsp3) is 0.400. The molecular formula is C10H15ClN-. The van der Waals surface area contributed by atoms with Gasteiger partial charge in [-0.05, 0) is 18.5 Å². The first kappa shape index (κ1) is 11.5. The Labute approximate surface area is 80.6 Å². The van der Waals surface area contributed by atoms with Crippen LogP contribution in [0.4, 0.5) is 0 Å². The highest BCUT2D eigenvalue weighted by Gasteiger charge is 1.87. The van der Waals surface area contributed by atoms with E-state index < -0.39 is 0 Å². The van der Waals surface area contributed by atoms with E-state index in [1.54, 1.807) is 0 Å². The second-order valence-corrected chi connectivity index (χ2v) is 2.66. The van der Waals surface area contributed by atoms with E-state index in [0.717, 1.165) is 13.1 Å². The summed E-state index contributed by atoms with van der Waals surface area (Å²) >= 11 is 0. The summed E-state index contributed by atoms with van der Waals surface area (Å²) in [5, 5.41) is 3.35. The average Bonchev–Trinajstić information content (AvgIpc) is 2.07. The molecular weight excluding hydrogens is 170 g/mol. The third-order valence-electron chi connectivity index (χ3n) is 1.60. The van der Waals surface area contributed by atoms with Gasteiger partial charge in [0, 0.05) is 6.54 Å². The molecule has 1 nitrogen and oxygen atoms in total. The zero-order chi connectivity index (χ0) is 7.94. The number of benzene rings is 1. The van der Waals surface area contributed by atoms with Crippen molar-refractivity contribution >= 4 is 0 Å². The van der Waals surface area contributed by atoms with Gasteiger partial charge in [0.25, 0.3) is 0 Å². The minimum atomic E-state index is 0. The number of nitrogens with one attached hydrogen (secondary N) is 1. The topological polar surface area (TPSA) is 12.0 Å². The van der Waals surface area contributed by atoms with Gasteiger partial charge in [-0.25, -0.2) is 0 Å². The Morgan fingerprint density at radius 3 is 2.42 bits per heavy atom. The highest BCUT2D eigenvalue weighted by molar-refractivity contribution is 5.14. The van der Waals surface area contributed by atoms with Crippen LogP contribution in [-0.4, -0.2) is 6.54 Å². The monoisotopic (exact) mass is 184 g/mol. The highest BCUT2D eigenvalue weighted by atomic mass is 35.5. The first-order valence-electron chi connectivity index (χ1n) is 4.18. The molecule has 0 aliphatic rings. The van der Waals surface area contributed by atoms with Crippen LogP contribution in [0.25, 0.3) is 0 Å². The van der Waals surface area contributed by atoms with Gasteiger partial charge in [-0.15, -0.1) is 0 Å². The zero-order valence-electron chi connectivity index (χ0n) is 7.39. The van der Waals surface area contributed by atoms with Crippen LogP contribution >= 0.6 is 0 Å². The lowest BCUT2D eigenvalue weighted by molar-refractivity contribution is -0.00000237. The Morgan fingerprint density at radius 1 is 1.17 bits per heavy atom. The molecule has 0 saturated carbocycles. The first-order valence-corrected chi connectivity index (χ1v) is 4.18. The van der Waals surface area contributed by atoms with Gasteiger partial charge in [0.2, 0.25) is 0 Å². The van der Waals surface area contributed by atoms with Gasteiger partial charge in [-0.3, -0.25) is 0 Å². The molecule has 0 radical (unpaired) electrons. The molecule has 1 rings (SSSR count). The van der Waals surface area contributed by atoms with Crippen molar-refractivity contribution in [2.45, 2.75) is 19.9 Å². The molecule has 0 fully saturated rings. The van der Waals surface area contributed by atoms with Crippen LogP contribution in [0.3, 0.4) is 0 Å². The summed E-state index contributed by atoms with van der Waals surface area (Å²) in [6, 6.07) is 10.5. The summed E-state index contributed by atoms with van der Waals surface area (Å²) in [6.45, 7) is 4.28. The second kappa shape index (κ2) is 7.14. The number of rotatable bonds is 4. The molecule has 0 aliphatic carbocycles. The maximum Gasteiger partial charge on any atom is 0.0205 e. The molecule has 0 atom stereocenters. The molecule has 0 heterocycles. The Hall–Kier alpha value is -0.530. The van der Waals surface area contributed by atoms with Gasteiger partial charge in [-0.1, -0.05) is 37.3 Å². The SMILES string of the molecule is CCCNCc1ccccc1.[Cl-]. The highest BCUT2D eigenvalue weighted by Crippen LogP contribution is 1.96. The third kappa shape index (κ3) is 4.37. The Bertz CT molecular complexity index is 186. The lowest BCUT2D eigenvalue weighted by atomic mass is 10.2. The minimum absolute atomic E-state index is 0. The molecule has 0 saturated heterocycles. The summed E-state index contributed by atoms with van der Waals surface area (Å²) in [5.41, 5.74) is 1.36. The second-order valence-electron chi connectivity index (χ2n) is 2.66. The van der Waals surface area contributed by atoms with Crippen LogP contribution in [0.2, 0.25) is 0 Å². The lowest BCUT2D eigenvalue weighted by Gasteiger charge is -2.01. The Morgan fingerprint density at radius 2 is 1.83 bits per heavy atom. The van der Waals surface area contributed by atoms with Gasteiger partial charge in [0.1, 0.15) is 0 Å². The Balaban J connectivity index is 0.00000121. The standard InChI is InChI=1S/C10H15N.ClH/c1-2-8-11-9-10-6-4-3-5-7-10;/h3-7,11H,2,8-9H2,1H3;1H/p-1. The van der Waals surface area contributed by atoms with Crippen LogP contribution in [0.15, 0.2) is 30.3 Å². The van der Waals surface area contributed by atoms with Crippen molar-refractivity contribution < 1.29 is 12.4 Å². The largest absolute Gasteiger partial charge is 1.00 e. The van der Waals surface area contributed by atoms with Gasteiger partial charge < -0.3 is 17.7 Å². The fourth-order valence-electron chi connectivity index (χ4n) is 1.01. The van der Waals surface area contributed by atoms with Crippen LogP contribution in [0, 0.1) is 0 Å². The zero-order valence-corrected chi connectivity index (χ0v) is 8.14. The van der Waals surface area contributed by atoms with Crippen molar-refractivity contribution in [3.63, 3.8) is 0 Å². The van der Waals surface area contributed by atoms with Crippen LogP contribution in [0.1, 0.15) is 18.9 Å². The number of halogens is 1. The molecule has 12 heavy (non-hydrogen) atoms. The van der Waals surface area contributed by atoms with Crippen molar-refractivity contribution in [3.05, 3.63) is 35.9 Å². The summed E-state index contributed by atoms with van der Waals surface area (Å²) in [4.78, 5) is 0. The van der Waals surface area contributed by atoms with Crippen molar-refractivity contribution in [2.75, 3.05) is 6.54 Å². The summed E-state index contributed by atoms with van der Waals surface area (Å²) in [5.74, 6) is 0. The number of hydrogen-bond acceptors (Lipinski definition) is 1. The average molecular weight is 185 g/mol. The summed E-state index contributed by atoms with van der Waals surface area (Å²) in [6.07, 6.45) is 1.20. The van der Waals surface area contributed by atoms with Crippen LogP contribution in [-0.2, 0) is 6.54 Å². The normalized spacial score (nSPS) is 9.08. The maximum absolute atomic E-state index is 3.35. The molecule has 1 N–H and O–H groups in total. The Kier molecular flexibility index (Phi) is 6.82. The molecule has 0 bridgehead atoms. The molecule has 1 aromatic carbocycles. The van der Waals surface area contributed by atoms with Crippen molar-refractivity contribution in [2.24, 2.45) is 0 Å². The molecule has 0 amide bonds. The molecule has 1 aromatic rings. The molecule has 68 valence electrons. The van der Waals surface area contributed by atoms with E-state index in [2.05, 4.69) is 36.5 Å². The third-order valence-corrected chi connectivity index (χ3v) is 1.60. The number of hydrogen-bond donors (Lipinski definition) is 1. The molecule has 2 heteroatoms. The van der Waals surface area contributed by atoms with E-state index in [4.69, 9.17) is 0 Å². The van der Waals surface area contributed by atoms with Crippen molar-refractivity contribution in [3.8, 4) is 0 Å². The van der Waals surface area contributed by atoms with E-state index in [-0.39, 0.29) is 12.4 Å². The van der Waals surface area contributed by atoms with E-state index in [1.807, 2.05) is 6.07 Å². The van der Waals surface area contributed by atoms with Crippen molar-refractivity contribution in [1.29, 1.82) is 0 Å². The van der Waals surface area contributed by atoms with Crippen LogP contribution in [0.5, 0.6) is 0 Å². The van der Waals surface area contributed by atoms with E-state index in [9.17, 15) is 0 Å². The molecule has 0 unspecified atom stereocenters. The first-order chi connectivity index (χ1) is 5.43. The van der Waals surface area contributed by atoms with Gasteiger partial charge in [-0.2, -0.15) is 0 Å². The van der Waals surface area contributed by atoms with Gasteiger partial charge in [0.15, 0.2) is 0 Å². The summed E-state index contributed by atoms with van der Waals surface area (Å²) in [7, 11) is 0. The predicted octanol–water partition coefficient (Wildman–Crippen LogP) is -0.810.